The number of carbonyl (C=O) groups excluding carboxylic acids is 1. The van der Waals surface area contributed by atoms with Crippen molar-refractivity contribution in [2.75, 3.05) is 37.6 Å². The monoisotopic (exact) mass is 585 g/mol. The van der Waals surface area contributed by atoms with E-state index in [-0.39, 0.29) is 36.7 Å². The fourth-order valence-electron chi connectivity index (χ4n) is 6.15. The summed E-state index contributed by atoms with van der Waals surface area (Å²) in [5, 5.41) is 0. The van der Waals surface area contributed by atoms with Gasteiger partial charge in [-0.15, -0.1) is 0 Å². The molecule has 0 radical (unpaired) electrons. The summed E-state index contributed by atoms with van der Waals surface area (Å²) < 4.78 is 72.6. The van der Waals surface area contributed by atoms with Gasteiger partial charge in [0.1, 0.15) is 6.61 Å². The Labute approximate surface area is 237 Å². The minimum absolute atomic E-state index is 0.0745. The van der Waals surface area contributed by atoms with E-state index in [4.69, 9.17) is 4.74 Å². The van der Waals surface area contributed by atoms with Crippen LogP contribution in [0.15, 0.2) is 77.7 Å². The maximum Gasteiger partial charge on any atom is 0.416 e. The number of carbonyl (C=O) groups is 1. The predicted octanol–water partition coefficient (Wildman–Crippen LogP) is 5.79. The second kappa shape index (κ2) is 10.7. The van der Waals surface area contributed by atoms with Crippen LogP contribution in [0, 0.1) is 0 Å². The maximum absolute atomic E-state index is 13.1. The number of fused-ring (bicyclic) bond motifs is 5. The van der Waals surface area contributed by atoms with E-state index in [1.807, 2.05) is 41.3 Å². The average Bonchev–Trinajstić information content (AvgIpc) is 3.26. The quantitative estimate of drug-likeness (QED) is 0.379. The molecule has 1 unspecified atom stereocenters. The van der Waals surface area contributed by atoms with E-state index in [1.54, 1.807) is 0 Å². The second-order valence-electron chi connectivity index (χ2n) is 10.7. The summed E-state index contributed by atoms with van der Waals surface area (Å²) >= 11 is 0. The zero-order chi connectivity index (χ0) is 28.8. The van der Waals surface area contributed by atoms with E-state index in [0.29, 0.717) is 31.6 Å². The number of piperidine rings is 1. The molecule has 1 aliphatic carbocycles. The summed E-state index contributed by atoms with van der Waals surface area (Å²) in [4.78, 5) is 16.6. The van der Waals surface area contributed by atoms with Crippen LogP contribution < -0.4 is 4.90 Å². The first kappa shape index (κ1) is 27.6. The molecule has 2 aliphatic heterocycles. The van der Waals surface area contributed by atoms with E-state index in [1.165, 1.54) is 15.9 Å². The van der Waals surface area contributed by atoms with Gasteiger partial charge in [-0.1, -0.05) is 42.5 Å². The molecule has 3 aromatic rings. The second-order valence-corrected chi connectivity index (χ2v) is 12.6. The fourth-order valence-corrected chi connectivity index (χ4v) is 7.62. The summed E-state index contributed by atoms with van der Waals surface area (Å²) in [6.45, 7) is 1.94. The normalized spacial score (nSPS) is 21.0. The van der Waals surface area contributed by atoms with Crippen molar-refractivity contribution >= 4 is 21.8 Å². The molecule has 1 amide bonds. The summed E-state index contributed by atoms with van der Waals surface area (Å²) in [6.07, 6.45) is -3.23. The molecule has 6 rings (SSSR count). The Morgan fingerprint density at radius 1 is 0.878 bits per heavy atom. The lowest BCUT2D eigenvalue weighted by molar-refractivity contribution is -0.137. The van der Waals surface area contributed by atoms with Gasteiger partial charge < -0.3 is 14.5 Å². The largest absolute Gasteiger partial charge is 0.445 e. The zero-order valence-corrected chi connectivity index (χ0v) is 23.1. The van der Waals surface area contributed by atoms with Gasteiger partial charge >= 0.3 is 12.3 Å². The van der Waals surface area contributed by atoms with Crippen LogP contribution in [0.4, 0.5) is 23.7 Å². The van der Waals surface area contributed by atoms with Gasteiger partial charge in [0, 0.05) is 38.4 Å². The number of anilines is 1. The number of nitrogens with zero attached hydrogens (tertiary/aromatic N) is 3. The minimum Gasteiger partial charge on any atom is -0.445 e. The van der Waals surface area contributed by atoms with Gasteiger partial charge in [-0.05, 0) is 65.8 Å². The minimum atomic E-state index is -4.62. The van der Waals surface area contributed by atoms with Crippen molar-refractivity contribution in [1.29, 1.82) is 0 Å². The number of benzene rings is 3. The Kier molecular flexibility index (Phi) is 7.19. The molecule has 0 spiro atoms. The summed E-state index contributed by atoms with van der Waals surface area (Å²) in [7, 11) is -4.07. The van der Waals surface area contributed by atoms with Gasteiger partial charge in [0.15, 0.2) is 0 Å². The van der Waals surface area contributed by atoms with Gasteiger partial charge in [-0.3, -0.25) is 0 Å². The van der Waals surface area contributed by atoms with Crippen molar-refractivity contribution in [2.45, 2.75) is 42.5 Å². The molecule has 3 aliphatic rings. The van der Waals surface area contributed by atoms with Gasteiger partial charge in [-0.25, -0.2) is 13.2 Å². The molecule has 2 saturated heterocycles. The van der Waals surface area contributed by atoms with Crippen molar-refractivity contribution in [3.63, 3.8) is 0 Å². The van der Waals surface area contributed by atoms with Crippen molar-refractivity contribution in [2.24, 2.45) is 0 Å². The number of hydrogen-bond donors (Lipinski definition) is 0. The molecule has 216 valence electrons. The number of halogens is 3. The molecular weight excluding hydrogens is 555 g/mol. The van der Waals surface area contributed by atoms with E-state index >= 15 is 0 Å². The Hall–Kier alpha value is -3.57. The maximum atomic E-state index is 13.1. The van der Waals surface area contributed by atoms with Crippen LogP contribution in [0.5, 0.6) is 0 Å². The van der Waals surface area contributed by atoms with Crippen LogP contribution in [-0.4, -0.2) is 56.4 Å². The van der Waals surface area contributed by atoms with Gasteiger partial charge in [-0.2, -0.15) is 17.5 Å². The van der Waals surface area contributed by atoms with E-state index in [2.05, 4.69) is 17.0 Å². The van der Waals surface area contributed by atoms with Gasteiger partial charge in [0.05, 0.1) is 16.5 Å². The van der Waals surface area contributed by atoms with Crippen molar-refractivity contribution < 1.29 is 31.1 Å². The predicted molar refractivity (Wildman–Crippen MR) is 147 cm³/mol. The zero-order valence-electron chi connectivity index (χ0n) is 22.3. The van der Waals surface area contributed by atoms with Gasteiger partial charge in [0.2, 0.25) is 10.0 Å². The highest BCUT2D eigenvalue weighted by atomic mass is 32.2. The fraction of sp³-hybridized carbons (Fsp3) is 0.367. The number of rotatable bonds is 5. The average molecular weight is 586 g/mol. The molecule has 2 fully saturated rings. The summed E-state index contributed by atoms with van der Waals surface area (Å²) in [6, 6.07) is 19.6. The van der Waals surface area contributed by atoms with Crippen molar-refractivity contribution in [3.8, 4) is 0 Å². The highest BCUT2D eigenvalue weighted by molar-refractivity contribution is 7.89. The van der Waals surface area contributed by atoms with E-state index < -0.39 is 21.8 Å². The number of alkyl halides is 3. The molecule has 2 atom stereocenters. The third-order valence-electron chi connectivity index (χ3n) is 8.31. The lowest BCUT2D eigenvalue weighted by atomic mass is 9.96. The Morgan fingerprint density at radius 2 is 1.63 bits per heavy atom. The number of ether oxygens (including phenoxy) is 1. The van der Waals surface area contributed by atoms with Crippen LogP contribution in [-0.2, 0) is 27.5 Å². The molecule has 11 heteroatoms. The number of likely N-dealkylation sites (tertiary alicyclic amines) is 1. The number of hydrogen-bond acceptors (Lipinski definition) is 5. The molecule has 0 N–H and O–H groups in total. The number of amides is 1. The number of sulfonamides is 1. The highest BCUT2D eigenvalue weighted by Gasteiger charge is 2.42. The Morgan fingerprint density at radius 3 is 2.37 bits per heavy atom. The third kappa shape index (κ3) is 5.40. The summed E-state index contributed by atoms with van der Waals surface area (Å²) in [5.41, 5.74) is 3.21. The molecule has 7 nitrogen and oxygen atoms in total. The first-order chi connectivity index (χ1) is 19.6. The van der Waals surface area contributed by atoms with Crippen LogP contribution in [0.2, 0.25) is 0 Å². The van der Waals surface area contributed by atoms with Gasteiger partial charge in [0.25, 0.3) is 0 Å². The molecule has 2 heterocycles. The van der Waals surface area contributed by atoms with Crippen LogP contribution >= 0.6 is 0 Å². The lowest BCUT2D eigenvalue weighted by Gasteiger charge is -2.36. The summed E-state index contributed by atoms with van der Waals surface area (Å²) in [5.74, 6) is 0.386. The van der Waals surface area contributed by atoms with Crippen LogP contribution in [0.25, 0.3) is 0 Å². The van der Waals surface area contributed by atoms with Crippen molar-refractivity contribution in [3.05, 3.63) is 95.1 Å². The SMILES string of the molecule is O=C(OCc1ccccc1)N1CCC2C[C@@H]1c1cc(N3CCN(S(=O)(=O)c4cccc(C(F)(F)F)c4)CC3)ccc12. The first-order valence-electron chi connectivity index (χ1n) is 13.6. The van der Waals surface area contributed by atoms with E-state index in [0.717, 1.165) is 41.8 Å². The molecule has 41 heavy (non-hydrogen) atoms. The molecular formula is C30H30F3N3O4S. The molecule has 0 saturated carbocycles. The first-order valence-corrected chi connectivity index (χ1v) is 15.1. The number of piperazine rings is 1. The van der Waals surface area contributed by atoms with Crippen LogP contribution in [0.3, 0.4) is 0 Å². The molecule has 3 aromatic carbocycles. The highest BCUT2D eigenvalue weighted by Crippen LogP contribution is 2.50. The lowest BCUT2D eigenvalue weighted by Crippen LogP contribution is -2.48. The smallest absolute Gasteiger partial charge is 0.416 e. The standard InChI is InChI=1S/C30H30F3N3O4S/c31-30(32,33)23-7-4-8-25(18-23)41(38,39)35-15-13-34(14-16-35)24-9-10-26-22-11-12-36(28(17-22)27(26)19-24)29(37)40-20-21-5-2-1-3-6-21/h1-10,18-19,22,28H,11-17,20H2/t22?,28-/m1/s1. The molecule has 2 bridgehead atoms. The Bertz CT molecular complexity index is 1540. The van der Waals surface area contributed by atoms with Crippen molar-refractivity contribution in [1.82, 2.24) is 9.21 Å². The molecule has 0 aromatic heterocycles. The third-order valence-corrected chi connectivity index (χ3v) is 10.2. The Balaban J connectivity index is 1.14. The van der Waals surface area contributed by atoms with E-state index in [9.17, 15) is 26.4 Å². The van der Waals surface area contributed by atoms with Crippen LogP contribution in [0.1, 0.15) is 47.1 Å². The topological polar surface area (TPSA) is 70.2 Å².